The normalized spacial score (nSPS) is 11.1. The number of hydrogen-bond acceptors (Lipinski definition) is 5. The Morgan fingerprint density at radius 3 is 3.00 bits per heavy atom. The highest BCUT2D eigenvalue weighted by atomic mass is 35.5. The molecule has 0 saturated carbocycles. The fraction of sp³-hybridized carbons (Fsp3) is 0.273. The van der Waals surface area contributed by atoms with E-state index in [4.69, 9.17) is 21.6 Å². The highest BCUT2D eigenvalue weighted by Gasteiger charge is 2.04. The summed E-state index contributed by atoms with van der Waals surface area (Å²) in [6, 6.07) is 4.26. The van der Waals surface area contributed by atoms with Crippen molar-refractivity contribution in [3.8, 4) is 11.9 Å². The summed E-state index contributed by atoms with van der Waals surface area (Å²) in [7, 11) is 0. The van der Waals surface area contributed by atoms with E-state index in [-0.39, 0.29) is 5.75 Å². The molecule has 0 aliphatic carbocycles. The molecule has 0 aromatic heterocycles. The van der Waals surface area contributed by atoms with Crippen molar-refractivity contribution in [3.05, 3.63) is 29.0 Å². The van der Waals surface area contributed by atoms with Crippen LogP contribution < -0.4 is 4.74 Å². The average Bonchev–Trinajstić information content (AvgIpc) is 2.35. The number of aliphatic imine (C=N–C) groups is 1. The molecular weight excluding hydrogens is 295 g/mol. The van der Waals surface area contributed by atoms with Gasteiger partial charge in [0.05, 0.1) is 6.61 Å². The van der Waals surface area contributed by atoms with Crippen LogP contribution in [0.25, 0.3) is 0 Å². The molecule has 0 unspecified atom stereocenters. The van der Waals surface area contributed by atoms with E-state index in [2.05, 4.69) is 4.99 Å². The van der Waals surface area contributed by atoms with Gasteiger partial charge in [-0.05, 0) is 24.5 Å². The van der Waals surface area contributed by atoms with Gasteiger partial charge in [-0.15, -0.1) is 11.8 Å². The van der Waals surface area contributed by atoms with Gasteiger partial charge in [0.15, 0.2) is 11.6 Å². The number of nitriles is 1. The maximum Gasteiger partial charge on any atom is 0.207 e. The SMILES string of the molecule is CSC(=NC#N)SCCOc1ccc(Cl)cc1F. The maximum absolute atomic E-state index is 13.3. The number of hydrogen-bond donors (Lipinski definition) is 0. The topological polar surface area (TPSA) is 45.4 Å². The van der Waals surface area contributed by atoms with Crippen molar-refractivity contribution in [2.45, 2.75) is 0 Å². The van der Waals surface area contributed by atoms with E-state index in [1.54, 1.807) is 12.3 Å². The summed E-state index contributed by atoms with van der Waals surface area (Å²) in [5.41, 5.74) is 0. The van der Waals surface area contributed by atoms with Crippen LogP contribution in [0.3, 0.4) is 0 Å². The smallest absolute Gasteiger partial charge is 0.207 e. The third-order valence-electron chi connectivity index (χ3n) is 1.78. The molecule has 0 aliphatic heterocycles. The molecule has 0 N–H and O–H groups in total. The summed E-state index contributed by atoms with van der Waals surface area (Å²) in [6.45, 7) is 0.328. The second kappa shape index (κ2) is 8.25. The van der Waals surface area contributed by atoms with E-state index in [1.807, 2.05) is 6.26 Å². The molecule has 0 saturated heterocycles. The Bertz CT molecular complexity index is 477. The number of halogens is 2. The van der Waals surface area contributed by atoms with Gasteiger partial charge in [-0.3, -0.25) is 0 Å². The largest absolute Gasteiger partial charge is 0.490 e. The molecule has 0 atom stereocenters. The molecule has 0 fully saturated rings. The van der Waals surface area contributed by atoms with Gasteiger partial charge in [0.2, 0.25) is 6.19 Å². The van der Waals surface area contributed by atoms with Crippen LogP contribution in [0.5, 0.6) is 5.75 Å². The number of nitrogens with zero attached hydrogens (tertiary/aromatic N) is 2. The van der Waals surface area contributed by atoms with Gasteiger partial charge >= 0.3 is 0 Å². The van der Waals surface area contributed by atoms with Gasteiger partial charge in [0, 0.05) is 10.8 Å². The predicted octanol–water partition coefficient (Wildman–Crippen LogP) is 3.79. The molecule has 1 aromatic carbocycles. The first-order valence-electron chi connectivity index (χ1n) is 4.88. The number of ether oxygens (including phenoxy) is 1. The van der Waals surface area contributed by atoms with Crippen molar-refractivity contribution in [1.82, 2.24) is 0 Å². The third kappa shape index (κ3) is 5.17. The average molecular weight is 305 g/mol. The summed E-state index contributed by atoms with van der Waals surface area (Å²) >= 11 is 8.41. The van der Waals surface area contributed by atoms with Gasteiger partial charge in [-0.25, -0.2) is 4.39 Å². The lowest BCUT2D eigenvalue weighted by Crippen LogP contribution is -2.03. The summed E-state index contributed by atoms with van der Waals surface area (Å²) in [5.74, 6) is 0.273. The first-order valence-corrected chi connectivity index (χ1v) is 7.47. The molecule has 0 spiro atoms. The summed E-state index contributed by atoms with van der Waals surface area (Å²) < 4.78 is 19.3. The Hall–Kier alpha value is -0.900. The molecule has 0 heterocycles. The van der Waals surface area contributed by atoms with Crippen molar-refractivity contribution in [2.24, 2.45) is 4.99 Å². The Morgan fingerprint density at radius 2 is 2.39 bits per heavy atom. The second-order valence-corrected chi connectivity index (χ2v) is 5.53. The Balaban J connectivity index is 2.38. The van der Waals surface area contributed by atoms with Crippen LogP contribution in [0.4, 0.5) is 4.39 Å². The quantitative estimate of drug-likeness (QED) is 0.367. The molecule has 18 heavy (non-hydrogen) atoms. The molecule has 0 aliphatic rings. The van der Waals surface area contributed by atoms with E-state index in [0.29, 0.717) is 21.8 Å². The minimum absolute atomic E-state index is 0.169. The highest BCUT2D eigenvalue weighted by Crippen LogP contribution is 2.21. The summed E-state index contributed by atoms with van der Waals surface area (Å²) in [5, 5.41) is 8.74. The van der Waals surface area contributed by atoms with Crippen LogP contribution in [-0.4, -0.2) is 23.0 Å². The van der Waals surface area contributed by atoms with E-state index in [1.165, 1.54) is 35.7 Å². The number of thioether (sulfide) groups is 2. The number of benzene rings is 1. The molecule has 1 aromatic rings. The van der Waals surface area contributed by atoms with Crippen LogP contribution in [0, 0.1) is 17.3 Å². The van der Waals surface area contributed by atoms with Crippen LogP contribution >= 0.6 is 35.1 Å². The molecular formula is C11H10ClFN2OS2. The van der Waals surface area contributed by atoms with Gasteiger partial charge in [0.1, 0.15) is 4.38 Å². The zero-order chi connectivity index (χ0) is 13.4. The fourth-order valence-electron chi connectivity index (χ4n) is 1.05. The lowest BCUT2D eigenvalue weighted by molar-refractivity contribution is 0.325. The van der Waals surface area contributed by atoms with E-state index < -0.39 is 5.82 Å². The predicted molar refractivity (Wildman–Crippen MR) is 75.9 cm³/mol. The highest BCUT2D eigenvalue weighted by molar-refractivity contribution is 8.38. The van der Waals surface area contributed by atoms with E-state index in [9.17, 15) is 4.39 Å². The molecule has 1 rings (SSSR count). The fourth-order valence-corrected chi connectivity index (χ4v) is 2.51. The number of rotatable bonds is 4. The first kappa shape index (κ1) is 15.2. The standard InChI is InChI=1S/C11H10ClFN2OS2/c1-17-11(15-7-14)18-5-4-16-10-3-2-8(12)6-9(10)13/h2-3,6H,4-5H2,1H3. The van der Waals surface area contributed by atoms with Crippen molar-refractivity contribution in [1.29, 1.82) is 5.26 Å². The Labute approximate surface area is 118 Å². The van der Waals surface area contributed by atoms with Crippen LogP contribution in [0.1, 0.15) is 0 Å². The van der Waals surface area contributed by atoms with Crippen molar-refractivity contribution < 1.29 is 9.13 Å². The molecule has 0 amide bonds. The zero-order valence-corrected chi connectivity index (χ0v) is 11.9. The first-order chi connectivity index (χ1) is 8.67. The Morgan fingerprint density at radius 1 is 1.61 bits per heavy atom. The van der Waals surface area contributed by atoms with Gasteiger partial charge in [-0.1, -0.05) is 23.4 Å². The lowest BCUT2D eigenvalue weighted by Gasteiger charge is -2.07. The lowest BCUT2D eigenvalue weighted by atomic mass is 10.3. The Kier molecular flexibility index (Phi) is 6.94. The molecule has 7 heteroatoms. The molecule has 0 radical (unpaired) electrons. The van der Waals surface area contributed by atoms with Gasteiger partial charge < -0.3 is 4.74 Å². The van der Waals surface area contributed by atoms with Gasteiger partial charge in [-0.2, -0.15) is 10.3 Å². The molecule has 96 valence electrons. The van der Waals surface area contributed by atoms with Crippen molar-refractivity contribution in [2.75, 3.05) is 18.6 Å². The van der Waals surface area contributed by atoms with Crippen LogP contribution in [0.2, 0.25) is 5.02 Å². The minimum atomic E-state index is -0.483. The molecule has 3 nitrogen and oxygen atoms in total. The zero-order valence-electron chi connectivity index (χ0n) is 9.52. The van der Waals surface area contributed by atoms with Crippen molar-refractivity contribution in [3.63, 3.8) is 0 Å². The van der Waals surface area contributed by atoms with Crippen LogP contribution in [0.15, 0.2) is 23.2 Å². The second-order valence-electron chi connectivity index (χ2n) is 2.95. The monoisotopic (exact) mass is 304 g/mol. The van der Waals surface area contributed by atoms with E-state index >= 15 is 0 Å². The maximum atomic E-state index is 13.3. The third-order valence-corrected chi connectivity index (χ3v) is 4.01. The summed E-state index contributed by atoms with van der Waals surface area (Å²) in [6.07, 6.45) is 3.56. The molecule has 0 bridgehead atoms. The van der Waals surface area contributed by atoms with E-state index in [0.717, 1.165) is 0 Å². The minimum Gasteiger partial charge on any atom is -0.490 e. The van der Waals surface area contributed by atoms with Crippen LogP contribution in [-0.2, 0) is 0 Å². The van der Waals surface area contributed by atoms with Gasteiger partial charge in [0.25, 0.3) is 0 Å². The van der Waals surface area contributed by atoms with Crippen molar-refractivity contribution >= 4 is 39.5 Å². The summed E-state index contributed by atoms with van der Waals surface area (Å²) in [4.78, 5) is 3.62.